The molecule has 0 aliphatic carbocycles. The third-order valence-corrected chi connectivity index (χ3v) is 3.10. The van der Waals surface area contributed by atoms with Gasteiger partial charge in [-0.25, -0.2) is 0 Å². The number of nitrogens with one attached hydrogen (secondary N) is 1. The number of carbonyl (C=O) groups excluding carboxylic acids is 2. The lowest BCUT2D eigenvalue weighted by molar-refractivity contribution is -0.145. The molecule has 8 heteroatoms. The highest BCUT2D eigenvalue weighted by Gasteiger charge is 2.11. The molecule has 0 unspecified atom stereocenters. The van der Waals surface area contributed by atoms with Gasteiger partial charge in [0, 0.05) is 30.5 Å². The van der Waals surface area contributed by atoms with Crippen LogP contribution in [0.25, 0.3) is 11.5 Å². The minimum absolute atomic E-state index is 0.0838. The van der Waals surface area contributed by atoms with Gasteiger partial charge in [-0.05, 0) is 30.7 Å². The zero-order valence-corrected chi connectivity index (χ0v) is 13.3. The summed E-state index contributed by atoms with van der Waals surface area (Å²) in [4.78, 5) is 22.2. The summed E-state index contributed by atoms with van der Waals surface area (Å²) in [5, 5.41) is 10.9. The van der Waals surface area contributed by atoms with Crippen LogP contribution in [0.1, 0.15) is 25.7 Å². The van der Waals surface area contributed by atoms with Crippen molar-refractivity contribution in [2.45, 2.75) is 26.4 Å². The first-order valence-electron chi connectivity index (χ1n) is 7.03. The Morgan fingerprint density at radius 3 is 2.70 bits per heavy atom. The van der Waals surface area contributed by atoms with E-state index >= 15 is 0 Å². The molecular formula is C15H16ClN3O4. The number of hydrogen-bond donors (Lipinski definition) is 1. The van der Waals surface area contributed by atoms with Crippen LogP contribution in [0, 0.1) is 0 Å². The molecule has 1 amide bonds. The molecule has 1 aromatic carbocycles. The van der Waals surface area contributed by atoms with Crippen molar-refractivity contribution in [1.82, 2.24) is 15.5 Å². The Kier molecular flexibility index (Phi) is 6.10. The maximum atomic E-state index is 11.5. The lowest BCUT2D eigenvalue weighted by Gasteiger charge is -2.02. The summed E-state index contributed by atoms with van der Waals surface area (Å²) in [6, 6.07) is 6.95. The number of hydrogen-bond acceptors (Lipinski definition) is 6. The van der Waals surface area contributed by atoms with Gasteiger partial charge >= 0.3 is 5.97 Å². The SMILES string of the molecule is CC(=O)NCCCC(=O)OCc1nnc(-c2ccc(Cl)cc2)o1. The van der Waals surface area contributed by atoms with Crippen molar-refractivity contribution >= 4 is 23.5 Å². The topological polar surface area (TPSA) is 94.3 Å². The van der Waals surface area contributed by atoms with Crippen LogP contribution in [0.3, 0.4) is 0 Å². The van der Waals surface area contributed by atoms with Gasteiger partial charge in [0.1, 0.15) is 0 Å². The normalized spacial score (nSPS) is 10.3. The van der Waals surface area contributed by atoms with E-state index in [1.807, 2.05) is 0 Å². The van der Waals surface area contributed by atoms with Gasteiger partial charge in [-0.3, -0.25) is 9.59 Å². The first kappa shape index (κ1) is 17.0. The van der Waals surface area contributed by atoms with E-state index in [0.29, 0.717) is 23.9 Å². The molecule has 0 fully saturated rings. The van der Waals surface area contributed by atoms with Crippen molar-refractivity contribution in [3.8, 4) is 11.5 Å². The van der Waals surface area contributed by atoms with Crippen molar-refractivity contribution in [1.29, 1.82) is 0 Å². The van der Waals surface area contributed by atoms with Crippen LogP contribution >= 0.6 is 11.6 Å². The van der Waals surface area contributed by atoms with Gasteiger partial charge in [0.2, 0.25) is 11.8 Å². The van der Waals surface area contributed by atoms with Crippen molar-refractivity contribution in [3.05, 3.63) is 35.2 Å². The van der Waals surface area contributed by atoms with Crippen LogP contribution in [0.4, 0.5) is 0 Å². The van der Waals surface area contributed by atoms with Crippen LogP contribution in [0.15, 0.2) is 28.7 Å². The summed E-state index contributed by atoms with van der Waals surface area (Å²) in [6.45, 7) is 1.78. The summed E-state index contributed by atoms with van der Waals surface area (Å²) in [6.07, 6.45) is 0.719. The Balaban J connectivity index is 1.77. The lowest BCUT2D eigenvalue weighted by Crippen LogP contribution is -2.21. The smallest absolute Gasteiger partial charge is 0.306 e. The zero-order valence-electron chi connectivity index (χ0n) is 12.5. The molecule has 1 heterocycles. The summed E-state index contributed by atoms with van der Waals surface area (Å²) >= 11 is 5.81. The second-order valence-corrected chi connectivity index (χ2v) is 5.19. The molecule has 0 radical (unpaired) electrons. The maximum absolute atomic E-state index is 11.5. The van der Waals surface area contributed by atoms with E-state index in [0.717, 1.165) is 5.56 Å². The lowest BCUT2D eigenvalue weighted by atomic mass is 10.2. The van der Waals surface area contributed by atoms with E-state index in [1.54, 1.807) is 24.3 Å². The molecular weight excluding hydrogens is 322 g/mol. The Morgan fingerprint density at radius 2 is 2.00 bits per heavy atom. The second-order valence-electron chi connectivity index (χ2n) is 4.76. The van der Waals surface area contributed by atoms with E-state index < -0.39 is 0 Å². The van der Waals surface area contributed by atoms with Gasteiger partial charge in [-0.15, -0.1) is 10.2 Å². The molecule has 1 N–H and O–H groups in total. The molecule has 0 spiro atoms. The van der Waals surface area contributed by atoms with Crippen LogP contribution in [-0.2, 0) is 20.9 Å². The Hall–Kier alpha value is -2.41. The molecule has 0 saturated heterocycles. The number of amides is 1. The molecule has 1 aromatic heterocycles. The van der Waals surface area contributed by atoms with Crippen LogP contribution in [0.2, 0.25) is 5.02 Å². The molecule has 2 aromatic rings. The fourth-order valence-electron chi connectivity index (χ4n) is 1.73. The largest absolute Gasteiger partial charge is 0.456 e. The zero-order chi connectivity index (χ0) is 16.7. The Morgan fingerprint density at radius 1 is 1.26 bits per heavy atom. The van der Waals surface area contributed by atoms with Crippen LogP contribution in [0.5, 0.6) is 0 Å². The van der Waals surface area contributed by atoms with Crippen LogP contribution < -0.4 is 5.32 Å². The van der Waals surface area contributed by atoms with Gasteiger partial charge in [-0.1, -0.05) is 11.6 Å². The van der Waals surface area contributed by atoms with Gasteiger partial charge in [0.05, 0.1) is 0 Å². The molecule has 0 aliphatic heterocycles. The van der Waals surface area contributed by atoms with E-state index in [2.05, 4.69) is 15.5 Å². The maximum Gasteiger partial charge on any atom is 0.306 e. The van der Waals surface area contributed by atoms with Gasteiger partial charge in [0.25, 0.3) is 5.89 Å². The number of aromatic nitrogens is 2. The molecule has 122 valence electrons. The van der Waals surface area contributed by atoms with Crippen LogP contribution in [-0.4, -0.2) is 28.6 Å². The monoisotopic (exact) mass is 337 g/mol. The molecule has 0 aliphatic rings. The minimum atomic E-state index is -0.387. The van der Waals surface area contributed by atoms with Crippen molar-refractivity contribution < 1.29 is 18.7 Å². The Labute approximate surface area is 138 Å². The van der Waals surface area contributed by atoms with E-state index in [1.165, 1.54) is 6.92 Å². The summed E-state index contributed by atoms with van der Waals surface area (Å²) in [7, 11) is 0. The number of carbonyl (C=O) groups is 2. The highest BCUT2D eigenvalue weighted by molar-refractivity contribution is 6.30. The predicted molar refractivity (Wildman–Crippen MR) is 82.5 cm³/mol. The highest BCUT2D eigenvalue weighted by atomic mass is 35.5. The summed E-state index contributed by atoms with van der Waals surface area (Å²) in [5.74, 6) is 0.0316. The average Bonchev–Trinajstić information content (AvgIpc) is 2.99. The molecule has 7 nitrogen and oxygen atoms in total. The number of esters is 1. The average molecular weight is 338 g/mol. The quantitative estimate of drug-likeness (QED) is 0.615. The van der Waals surface area contributed by atoms with Gasteiger partial charge in [0.15, 0.2) is 6.61 Å². The van der Waals surface area contributed by atoms with E-state index in [4.69, 9.17) is 20.8 Å². The van der Waals surface area contributed by atoms with Crippen molar-refractivity contribution in [3.63, 3.8) is 0 Å². The van der Waals surface area contributed by atoms with Gasteiger partial charge in [-0.2, -0.15) is 0 Å². The van der Waals surface area contributed by atoms with Crippen molar-refractivity contribution in [2.24, 2.45) is 0 Å². The first-order chi connectivity index (χ1) is 11.0. The third kappa shape index (κ3) is 5.71. The fraction of sp³-hybridized carbons (Fsp3) is 0.333. The highest BCUT2D eigenvalue weighted by Crippen LogP contribution is 2.20. The number of benzene rings is 1. The predicted octanol–water partition coefficient (Wildman–Crippen LogP) is 2.35. The molecule has 0 atom stereocenters. The standard InChI is InChI=1S/C15H16ClN3O4/c1-10(20)17-8-2-3-14(21)22-9-13-18-19-15(23-13)11-4-6-12(16)7-5-11/h4-7H,2-3,8-9H2,1H3,(H,17,20). The van der Waals surface area contributed by atoms with E-state index in [-0.39, 0.29) is 30.8 Å². The molecule has 0 bridgehead atoms. The minimum Gasteiger partial charge on any atom is -0.456 e. The molecule has 23 heavy (non-hydrogen) atoms. The number of rotatable bonds is 7. The fourth-order valence-corrected chi connectivity index (χ4v) is 1.86. The number of halogens is 1. The number of nitrogens with zero attached hydrogens (tertiary/aromatic N) is 2. The first-order valence-corrected chi connectivity index (χ1v) is 7.41. The van der Waals surface area contributed by atoms with Gasteiger partial charge < -0.3 is 14.5 Å². The molecule has 2 rings (SSSR count). The van der Waals surface area contributed by atoms with Crippen molar-refractivity contribution in [2.75, 3.05) is 6.54 Å². The van der Waals surface area contributed by atoms with E-state index in [9.17, 15) is 9.59 Å². The molecule has 0 saturated carbocycles. The second kappa shape index (κ2) is 8.28. The number of ether oxygens (including phenoxy) is 1. The summed E-state index contributed by atoms with van der Waals surface area (Å²) < 4.78 is 10.5. The Bertz CT molecular complexity index is 670. The third-order valence-electron chi connectivity index (χ3n) is 2.85. The summed E-state index contributed by atoms with van der Waals surface area (Å²) in [5.41, 5.74) is 0.731.